The average Bonchev–Trinajstić information content (AvgIpc) is 1.50. The summed E-state index contributed by atoms with van der Waals surface area (Å²) in [6, 6.07) is 179. The SMILES string of the molecule is c1ccc(-c2cccc3ccccc23)c(-c2ccccc2N(c2cccc3c2-c2ccccc2C32c3ccccc3-n3c4ccccc4c4cccc2c43)c2cccc3c2oc2ccc(-c4cccc5c4c4cccc6c4n5-c4ccccc4C64c5ccccc5-c5c(N(c6ccccc6-c6ccccc6-c6cccc7ccccc67)c6cccc7c6sc6ccccc67)cccc54)cc23)c1. The van der Waals surface area contributed by atoms with Crippen molar-refractivity contribution < 1.29 is 4.42 Å². The molecule has 0 fully saturated rings. The second kappa shape index (κ2) is 28.6. The Labute approximate surface area is 788 Å². The zero-order chi connectivity index (χ0) is 88.7. The van der Waals surface area contributed by atoms with Crippen LogP contribution < -0.4 is 9.80 Å². The normalized spacial score (nSPS) is 14.7. The standard InChI is InChI=1S/C130H78N4OS/c1-3-38-82-79(34-1)36-25-51-85(82)87-40-5-7-42-89(87)91-44-11-19-65-110(91)131(116-71-32-61-106-123(116)98-48-9-15-57-102(98)129(106)104-59-17-22-68-113(104)133-112-67-21-13-46-93(112)95-53-27-63-108(129)125(95)133)118-73-30-54-96-101-78-81(76-77-120(101)135-127(96)118)84-50-29-70-115-122(84)100-56-28-64-109-126(100)134(115)114-69-23-18-60-105(114)130(109)103-58-16-10-49-99(103)124-107(130)62-33-72-117(124)132(119-74-31-55-97-94-47-14-24-75-121(94)136-128(97)119)111-66-20-12-45-92(111)90-43-8-6-41-88(90)86-52-26-37-80-35-2-4-39-83(80)86/h1-78H. The van der Waals surface area contributed by atoms with E-state index in [1.54, 1.807) is 0 Å². The lowest BCUT2D eigenvalue weighted by atomic mass is 9.65. The maximum atomic E-state index is 7.70. The minimum absolute atomic E-state index is 0.712. The first-order chi connectivity index (χ1) is 67.6. The summed E-state index contributed by atoms with van der Waals surface area (Å²) in [6.07, 6.45) is 0. The first-order valence-corrected chi connectivity index (χ1v) is 47.9. The van der Waals surface area contributed by atoms with E-state index in [0.717, 1.165) is 106 Å². The van der Waals surface area contributed by atoms with Gasteiger partial charge in [-0.15, -0.1) is 11.3 Å². The Morgan fingerprint density at radius 1 is 0.221 bits per heavy atom. The van der Waals surface area contributed by atoms with E-state index in [2.05, 4.69) is 492 Å². The molecule has 0 saturated carbocycles. The van der Waals surface area contributed by atoms with Crippen LogP contribution in [0, 0.1) is 0 Å². The van der Waals surface area contributed by atoms with Crippen molar-refractivity contribution in [1.29, 1.82) is 0 Å². The van der Waals surface area contributed by atoms with E-state index in [1.807, 2.05) is 11.3 Å². The van der Waals surface area contributed by atoms with Gasteiger partial charge in [0.1, 0.15) is 5.58 Å². The third kappa shape index (κ3) is 10.1. The van der Waals surface area contributed by atoms with Crippen molar-refractivity contribution >= 4 is 153 Å². The monoisotopic (exact) mass is 1740 g/mol. The van der Waals surface area contributed by atoms with E-state index < -0.39 is 10.8 Å². The van der Waals surface area contributed by atoms with Crippen molar-refractivity contribution in [2.45, 2.75) is 10.8 Å². The van der Waals surface area contributed by atoms with Crippen LogP contribution in [-0.4, -0.2) is 9.13 Å². The first kappa shape index (κ1) is 75.3. The van der Waals surface area contributed by atoms with Gasteiger partial charge in [0.05, 0.1) is 83.1 Å². The fourth-order valence-corrected chi connectivity index (χ4v) is 26.5. The maximum Gasteiger partial charge on any atom is 0.159 e. The lowest BCUT2D eigenvalue weighted by molar-refractivity contribution is 0.669. The minimum Gasteiger partial charge on any atom is -0.454 e. The van der Waals surface area contributed by atoms with Gasteiger partial charge in [-0.25, -0.2) is 0 Å². The van der Waals surface area contributed by atoms with Crippen LogP contribution in [0.5, 0.6) is 0 Å². The number of aromatic nitrogens is 2. The maximum absolute atomic E-state index is 7.70. The molecule has 5 nitrogen and oxygen atoms in total. The summed E-state index contributed by atoms with van der Waals surface area (Å²) in [6.45, 7) is 0. The highest BCUT2D eigenvalue weighted by molar-refractivity contribution is 7.26. The molecule has 4 aliphatic rings. The quantitative estimate of drug-likeness (QED) is 0.129. The van der Waals surface area contributed by atoms with Crippen molar-refractivity contribution in [3.8, 4) is 89.3 Å². The van der Waals surface area contributed by atoms with Gasteiger partial charge in [0.15, 0.2) is 5.58 Å². The molecular weight excluding hydrogens is 1670 g/mol. The first-order valence-electron chi connectivity index (χ1n) is 47.1. The van der Waals surface area contributed by atoms with Crippen molar-refractivity contribution in [3.63, 3.8) is 0 Å². The zero-order valence-electron chi connectivity index (χ0n) is 73.6. The van der Waals surface area contributed by atoms with Gasteiger partial charge in [0.25, 0.3) is 0 Å². The zero-order valence-corrected chi connectivity index (χ0v) is 74.5. The highest BCUT2D eigenvalue weighted by Gasteiger charge is 2.54. The molecule has 0 N–H and O–H groups in total. The van der Waals surface area contributed by atoms with Crippen LogP contribution in [0.25, 0.3) is 197 Å². The molecule has 26 aromatic rings. The van der Waals surface area contributed by atoms with Gasteiger partial charge in [0, 0.05) is 70.0 Å². The van der Waals surface area contributed by atoms with Crippen LogP contribution in [0.3, 0.4) is 0 Å². The Balaban J connectivity index is 0.619. The summed E-state index contributed by atoms with van der Waals surface area (Å²) in [5.41, 5.74) is 39.9. The van der Waals surface area contributed by atoms with Gasteiger partial charge < -0.3 is 23.4 Å². The molecule has 2 aliphatic heterocycles. The fourth-order valence-electron chi connectivity index (χ4n) is 25.3. The van der Waals surface area contributed by atoms with Crippen LogP contribution in [0.1, 0.15) is 44.5 Å². The van der Waals surface area contributed by atoms with Crippen LogP contribution >= 0.6 is 11.3 Å². The minimum atomic E-state index is -0.775. The average molecular weight is 1740 g/mol. The molecule has 6 heterocycles. The van der Waals surface area contributed by atoms with Gasteiger partial charge in [0.2, 0.25) is 0 Å². The van der Waals surface area contributed by atoms with Gasteiger partial charge in [-0.3, -0.25) is 0 Å². The highest BCUT2D eigenvalue weighted by Crippen LogP contribution is 2.68. The van der Waals surface area contributed by atoms with Crippen molar-refractivity contribution in [2.75, 3.05) is 9.80 Å². The van der Waals surface area contributed by atoms with E-state index >= 15 is 0 Å². The summed E-state index contributed by atoms with van der Waals surface area (Å²) in [5, 5.41) is 14.3. The Bertz CT molecular complexity index is 9700. The Hall–Kier alpha value is -17.4. The number of nitrogens with zero attached hydrogens (tertiary/aromatic N) is 4. The van der Waals surface area contributed by atoms with E-state index in [0.29, 0.717) is 0 Å². The largest absolute Gasteiger partial charge is 0.454 e. The number of para-hydroxylation sites is 8. The third-order valence-electron chi connectivity index (χ3n) is 30.5. The topological polar surface area (TPSA) is 29.5 Å². The van der Waals surface area contributed by atoms with Crippen molar-refractivity contribution in [3.05, 3.63) is 518 Å². The molecule has 2 unspecified atom stereocenters. The van der Waals surface area contributed by atoms with Gasteiger partial charge in [-0.2, -0.15) is 0 Å². The number of rotatable bonds is 11. The van der Waals surface area contributed by atoms with E-state index in [9.17, 15) is 0 Å². The molecule has 2 aliphatic carbocycles. The second-order valence-electron chi connectivity index (χ2n) is 36.9. The number of fused-ring (bicyclic) bond motifs is 32. The molecule has 2 atom stereocenters. The molecule has 30 rings (SSSR count). The lowest BCUT2D eigenvalue weighted by Crippen LogP contribution is -2.33. The van der Waals surface area contributed by atoms with Crippen molar-refractivity contribution in [2.24, 2.45) is 0 Å². The summed E-state index contributed by atoms with van der Waals surface area (Å²) in [7, 11) is 0. The van der Waals surface area contributed by atoms with Gasteiger partial charge >= 0.3 is 0 Å². The molecule has 0 amide bonds. The molecule has 6 heteroatoms. The summed E-state index contributed by atoms with van der Waals surface area (Å²) < 4.78 is 15.3. The predicted molar refractivity (Wildman–Crippen MR) is 569 cm³/mol. The molecule has 136 heavy (non-hydrogen) atoms. The number of anilines is 6. The third-order valence-corrected chi connectivity index (χ3v) is 31.7. The summed E-state index contributed by atoms with van der Waals surface area (Å²) >= 11 is 1.88. The number of hydrogen-bond donors (Lipinski definition) is 0. The molecular formula is C130H78N4OS. The van der Waals surface area contributed by atoms with E-state index in [1.165, 1.54) is 169 Å². The Morgan fingerprint density at radius 3 is 1.21 bits per heavy atom. The van der Waals surface area contributed by atoms with Gasteiger partial charge in [-0.05, 0) is 201 Å². The van der Waals surface area contributed by atoms with Crippen LogP contribution in [0.4, 0.5) is 34.1 Å². The molecule has 0 radical (unpaired) electrons. The molecule has 0 bridgehead atoms. The highest BCUT2D eigenvalue weighted by atomic mass is 32.1. The molecule has 4 aromatic heterocycles. The molecule has 0 saturated heterocycles. The molecule has 630 valence electrons. The number of benzene rings is 22. The fraction of sp³-hybridized carbons (Fsp3) is 0.0154. The van der Waals surface area contributed by atoms with Crippen LogP contribution in [0.2, 0.25) is 0 Å². The number of furan rings is 1. The Morgan fingerprint density at radius 2 is 0.596 bits per heavy atom. The molecule has 22 aromatic carbocycles. The number of thiophene rings is 1. The Kier molecular flexibility index (Phi) is 15.8. The van der Waals surface area contributed by atoms with Crippen LogP contribution in [-0.2, 0) is 10.8 Å². The predicted octanol–water partition coefficient (Wildman–Crippen LogP) is 35.1. The van der Waals surface area contributed by atoms with E-state index in [-0.39, 0.29) is 0 Å². The van der Waals surface area contributed by atoms with Gasteiger partial charge in [-0.1, -0.05) is 394 Å². The second-order valence-corrected chi connectivity index (χ2v) is 37.9. The van der Waals surface area contributed by atoms with E-state index in [4.69, 9.17) is 4.42 Å². The summed E-state index contributed by atoms with van der Waals surface area (Å²) in [4.78, 5) is 5.18. The molecule has 2 spiro atoms. The lowest BCUT2D eigenvalue weighted by Gasteiger charge is -2.39. The smallest absolute Gasteiger partial charge is 0.159 e. The van der Waals surface area contributed by atoms with Crippen LogP contribution in [0.15, 0.2) is 478 Å². The summed E-state index contributed by atoms with van der Waals surface area (Å²) in [5.74, 6) is 0. The van der Waals surface area contributed by atoms with Crippen molar-refractivity contribution in [1.82, 2.24) is 9.13 Å². The number of hydrogen-bond acceptors (Lipinski definition) is 4.